The van der Waals surface area contributed by atoms with Gasteiger partial charge in [-0.2, -0.15) is 0 Å². The van der Waals surface area contributed by atoms with Crippen molar-refractivity contribution >= 4 is 50.0 Å². The normalized spacial score (nSPS) is 13.6. The molecule has 2 amide bonds. The molecule has 6 nitrogen and oxygen atoms in total. The summed E-state index contributed by atoms with van der Waals surface area (Å²) in [5.74, 6) is -0.762. The van der Waals surface area contributed by atoms with E-state index in [1.165, 1.54) is 11.3 Å². The highest BCUT2D eigenvalue weighted by Gasteiger charge is 2.24. The number of nitrogens with one attached hydrogen (secondary N) is 1. The van der Waals surface area contributed by atoms with E-state index in [1.54, 1.807) is 12.1 Å². The van der Waals surface area contributed by atoms with Crippen LogP contribution in [0.5, 0.6) is 0 Å². The van der Waals surface area contributed by atoms with E-state index in [2.05, 4.69) is 5.32 Å². The molecule has 1 aliphatic rings. The third kappa shape index (κ3) is 3.48. The molecule has 0 unspecified atom stereocenters. The Kier molecular flexibility index (Phi) is 5.27. The van der Waals surface area contributed by atoms with Crippen LogP contribution in [0.15, 0.2) is 53.3 Å². The lowest BCUT2D eigenvalue weighted by atomic mass is 10.1. The molecule has 3 N–H and O–H groups in total. The molecular weight excluding hydrogens is 422 g/mol. The van der Waals surface area contributed by atoms with E-state index in [1.807, 2.05) is 41.0 Å². The number of hydrogen-bond acceptors (Lipinski definition) is 4. The van der Waals surface area contributed by atoms with E-state index < -0.39 is 5.91 Å². The van der Waals surface area contributed by atoms with Gasteiger partial charge in [-0.1, -0.05) is 30.7 Å². The number of carbonyl (C=O) groups excluding carboxylic acids is 2. The first-order valence-electron chi connectivity index (χ1n) is 10.8. The highest BCUT2D eigenvalue weighted by molar-refractivity contribution is 7.17. The lowest BCUT2D eigenvalue weighted by molar-refractivity contribution is -0.116. The van der Waals surface area contributed by atoms with Gasteiger partial charge in [-0.25, -0.2) is 0 Å². The summed E-state index contributed by atoms with van der Waals surface area (Å²) in [6, 6.07) is 14.6. The third-order valence-electron chi connectivity index (χ3n) is 6.10. The number of carbonyl (C=O) groups is 2. The summed E-state index contributed by atoms with van der Waals surface area (Å²) >= 11 is 1.46. The zero-order chi connectivity index (χ0) is 22.2. The number of anilines is 1. The fourth-order valence-electron chi connectivity index (χ4n) is 4.65. The number of para-hydroxylation sites is 2. The van der Waals surface area contributed by atoms with Crippen LogP contribution in [0.2, 0.25) is 0 Å². The maximum Gasteiger partial charge on any atom is 0.251 e. The van der Waals surface area contributed by atoms with E-state index in [0.29, 0.717) is 32.4 Å². The van der Waals surface area contributed by atoms with Crippen molar-refractivity contribution in [2.75, 3.05) is 5.32 Å². The second-order valence-corrected chi connectivity index (χ2v) is 9.24. The van der Waals surface area contributed by atoms with Crippen molar-refractivity contribution in [3.63, 3.8) is 0 Å². The average Bonchev–Trinajstić information content (AvgIpc) is 2.97. The second kappa shape index (κ2) is 8.24. The molecule has 0 saturated heterocycles. The first kappa shape index (κ1) is 20.5. The Balaban J connectivity index is 1.55. The second-order valence-electron chi connectivity index (χ2n) is 8.13. The Bertz CT molecular complexity index is 1370. The Morgan fingerprint density at radius 1 is 0.938 bits per heavy atom. The summed E-state index contributed by atoms with van der Waals surface area (Å²) in [6.45, 7) is 0.0159. The SMILES string of the molecule is NC(=O)c1c(NC(=O)Cn2c3ccccc3c(=O)c3ccccc32)sc2c1CCCCC2. The van der Waals surface area contributed by atoms with E-state index >= 15 is 0 Å². The van der Waals surface area contributed by atoms with Crippen LogP contribution in [-0.2, 0) is 24.2 Å². The van der Waals surface area contributed by atoms with Crippen LogP contribution in [0.25, 0.3) is 21.8 Å². The summed E-state index contributed by atoms with van der Waals surface area (Å²) in [4.78, 5) is 39.4. The minimum absolute atomic E-state index is 0.0159. The molecule has 0 aliphatic heterocycles. The van der Waals surface area contributed by atoms with Crippen LogP contribution in [0, 0.1) is 0 Å². The summed E-state index contributed by atoms with van der Waals surface area (Å²) in [6.07, 6.45) is 4.95. The van der Waals surface area contributed by atoms with Gasteiger partial charge in [0.2, 0.25) is 5.91 Å². The number of thiophene rings is 1. The van der Waals surface area contributed by atoms with Gasteiger partial charge in [0.1, 0.15) is 11.5 Å². The summed E-state index contributed by atoms with van der Waals surface area (Å²) in [5, 5.41) is 4.61. The van der Waals surface area contributed by atoms with Gasteiger partial charge in [0.15, 0.2) is 5.43 Å². The standard InChI is InChI=1S/C25H23N3O3S/c26-24(31)22-17-10-2-1-3-13-20(17)32-25(22)27-21(29)14-28-18-11-6-4-8-15(18)23(30)16-9-5-7-12-19(16)28/h4-9,11-12H,1-3,10,13-14H2,(H2,26,31)(H,27,29). The van der Waals surface area contributed by atoms with Crippen LogP contribution in [0.3, 0.4) is 0 Å². The quantitative estimate of drug-likeness (QED) is 0.364. The first-order valence-corrected chi connectivity index (χ1v) is 11.6. The largest absolute Gasteiger partial charge is 0.365 e. The van der Waals surface area contributed by atoms with E-state index in [4.69, 9.17) is 5.73 Å². The lowest BCUT2D eigenvalue weighted by Gasteiger charge is -2.15. The Morgan fingerprint density at radius 3 is 2.22 bits per heavy atom. The van der Waals surface area contributed by atoms with Crippen molar-refractivity contribution in [1.29, 1.82) is 0 Å². The molecular formula is C25H23N3O3S. The monoisotopic (exact) mass is 445 g/mol. The fraction of sp³-hybridized carbons (Fsp3) is 0.240. The Morgan fingerprint density at radius 2 is 1.56 bits per heavy atom. The van der Waals surface area contributed by atoms with Gasteiger partial charge in [-0.3, -0.25) is 14.4 Å². The third-order valence-corrected chi connectivity index (χ3v) is 7.31. The van der Waals surface area contributed by atoms with E-state index in [-0.39, 0.29) is 17.9 Å². The van der Waals surface area contributed by atoms with Crippen molar-refractivity contribution in [3.8, 4) is 0 Å². The van der Waals surface area contributed by atoms with Crippen molar-refractivity contribution < 1.29 is 9.59 Å². The van der Waals surface area contributed by atoms with Crippen molar-refractivity contribution in [2.24, 2.45) is 5.73 Å². The van der Waals surface area contributed by atoms with Gasteiger partial charge >= 0.3 is 0 Å². The van der Waals surface area contributed by atoms with Crippen LogP contribution in [-0.4, -0.2) is 16.4 Å². The maximum absolute atomic E-state index is 13.2. The zero-order valence-electron chi connectivity index (χ0n) is 17.5. The lowest BCUT2D eigenvalue weighted by Crippen LogP contribution is -2.23. The molecule has 0 atom stereocenters. The molecule has 0 bridgehead atoms. The predicted molar refractivity (Wildman–Crippen MR) is 128 cm³/mol. The Labute approximate surface area is 188 Å². The minimum Gasteiger partial charge on any atom is -0.365 e. The molecule has 2 aromatic carbocycles. The molecule has 2 aromatic heterocycles. The molecule has 162 valence electrons. The minimum atomic E-state index is -0.501. The van der Waals surface area contributed by atoms with Crippen LogP contribution in [0.1, 0.15) is 40.1 Å². The van der Waals surface area contributed by atoms with E-state index in [0.717, 1.165) is 42.5 Å². The van der Waals surface area contributed by atoms with Gasteiger partial charge in [-0.15, -0.1) is 11.3 Å². The topological polar surface area (TPSA) is 94.2 Å². The van der Waals surface area contributed by atoms with Crippen molar-refractivity contribution in [2.45, 2.75) is 38.6 Å². The number of amides is 2. The zero-order valence-corrected chi connectivity index (χ0v) is 18.3. The molecule has 1 aliphatic carbocycles. The Hall–Kier alpha value is -3.45. The number of nitrogens with two attached hydrogens (primary N) is 1. The van der Waals surface area contributed by atoms with Gasteiger partial charge in [0, 0.05) is 15.6 Å². The number of nitrogens with zero attached hydrogens (tertiary/aromatic N) is 1. The molecule has 0 radical (unpaired) electrons. The van der Waals surface area contributed by atoms with Crippen molar-refractivity contribution in [1.82, 2.24) is 4.57 Å². The van der Waals surface area contributed by atoms with Crippen LogP contribution < -0.4 is 16.5 Å². The van der Waals surface area contributed by atoms with Gasteiger partial charge in [0.05, 0.1) is 16.6 Å². The highest BCUT2D eigenvalue weighted by atomic mass is 32.1. The predicted octanol–water partition coefficient (Wildman–Crippen LogP) is 4.22. The molecule has 0 saturated carbocycles. The molecule has 7 heteroatoms. The highest BCUT2D eigenvalue weighted by Crippen LogP contribution is 2.37. The molecule has 0 fully saturated rings. The molecule has 2 heterocycles. The number of pyridine rings is 1. The average molecular weight is 446 g/mol. The number of fused-ring (bicyclic) bond motifs is 3. The number of rotatable bonds is 4. The summed E-state index contributed by atoms with van der Waals surface area (Å²) < 4.78 is 1.85. The molecule has 0 spiro atoms. The smallest absolute Gasteiger partial charge is 0.251 e. The first-order chi connectivity index (χ1) is 15.5. The van der Waals surface area contributed by atoms with Gasteiger partial charge < -0.3 is 15.6 Å². The number of primary amides is 1. The molecule has 32 heavy (non-hydrogen) atoms. The van der Waals surface area contributed by atoms with Gasteiger partial charge in [-0.05, 0) is 55.5 Å². The van der Waals surface area contributed by atoms with Gasteiger partial charge in [0.25, 0.3) is 5.91 Å². The summed E-state index contributed by atoms with van der Waals surface area (Å²) in [5.41, 5.74) is 8.50. The number of benzene rings is 2. The maximum atomic E-state index is 13.2. The number of aryl methyl sites for hydroxylation is 1. The van der Waals surface area contributed by atoms with Crippen LogP contribution in [0.4, 0.5) is 5.00 Å². The fourth-order valence-corrected chi connectivity index (χ4v) is 5.96. The summed E-state index contributed by atoms with van der Waals surface area (Å²) in [7, 11) is 0. The van der Waals surface area contributed by atoms with Crippen molar-refractivity contribution in [3.05, 3.63) is 74.8 Å². The number of aromatic nitrogens is 1. The van der Waals surface area contributed by atoms with Crippen LogP contribution >= 0.6 is 11.3 Å². The number of hydrogen-bond donors (Lipinski definition) is 2. The molecule has 4 aromatic rings. The van der Waals surface area contributed by atoms with E-state index in [9.17, 15) is 14.4 Å². The molecule has 5 rings (SSSR count).